The number of rotatable bonds is 7. The zero-order valence-electron chi connectivity index (χ0n) is 16.0. The van der Waals surface area contributed by atoms with Crippen molar-refractivity contribution in [1.82, 2.24) is 15.3 Å². The number of aryl methyl sites for hydroxylation is 1. The Kier molecular flexibility index (Phi) is 6.09. The molecule has 1 aliphatic heterocycles. The Balaban J connectivity index is 1.87. The number of nitrogen functional groups attached to an aromatic ring is 1. The second kappa shape index (κ2) is 8.69. The number of nitrogens with zero attached hydrogens (tertiary/aromatic N) is 4. The van der Waals surface area contributed by atoms with Gasteiger partial charge in [0.1, 0.15) is 11.9 Å². The van der Waals surface area contributed by atoms with Crippen molar-refractivity contribution in [3.63, 3.8) is 0 Å². The normalized spacial score (nSPS) is 16.3. The van der Waals surface area contributed by atoms with Crippen molar-refractivity contribution < 1.29 is 0 Å². The van der Waals surface area contributed by atoms with E-state index in [2.05, 4.69) is 39.6 Å². The molecule has 0 spiro atoms. The maximum absolute atomic E-state index is 9.18. The summed E-state index contributed by atoms with van der Waals surface area (Å²) in [6.07, 6.45) is 4.25. The van der Waals surface area contributed by atoms with E-state index in [1.54, 1.807) is 12.1 Å². The molecule has 2 heterocycles. The minimum Gasteiger partial charge on any atom is -0.398 e. The first-order chi connectivity index (χ1) is 13.1. The number of nitrogens with one attached hydrogen (secondary N) is 2. The summed E-state index contributed by atoms with van der Waals surface area (Å²) in [5.41, 5.74) is 8.52. The van der Waals surface area contributed by atoms with Crippen LogP contribution in [0.5, 0.6) is 0 Å². The molecule has 7 heteroatoms. The van der Waals surface area contributed by atoms with E-state index in [0.717, 1.165) is 56.0 Å². The molecule has 3 rings (SSSR count). The van der Waals surface area contributed by atoms with E-state index in [1.165, 1.54) is 0 Å². The minimum atomic E-state index is 0.443. The highest BCUT2D eigenvalue weighted by molar-refractivity contribution is 5.65. The van der Waals surface area contributed by atoms with Crippen LogP contribution >= 0.6 is 0 Å². The van der Waals surface area contributed by atoms with E-state index in [1.807, 2.05) is 13.1 Å². The third kappa shape index (κ3) is 4.66. The molecule has 0 radical (unpaired) electrons. The van der Waals surface area contributed by atoms with Crippen molar-refractivity contribution >= 4 is 23.1 Å². The van der Waals surface area contributed by atoms with Crippen molar-refractivity contribution in [2.24, 2.45) is 0 Å². The Morgan fingerprint density at radius 2 is 2.19 bits per heavy atom. The Morgan fingerprint density at radius 3 is 2.89 bits per heavy atom. The van der Waals surface area contributed by atoms with E-state index in [9.17, 15) is 5.26 Å². The van der Waals surface area contributed by atoms with Crippen LogP contribution in [0, 0.1) is 11.3 Å². The average molecular weight is 365 g/mol. The highest BCUT2D eigenvalue weighted by atomic mass is 15.3. The van der Waals surface area contributed by atoms with Crippen LogP contribution in [-0.2, 0) is 6.42 Å². The molecule has 2 aromatic rings. The molecule has 1 fully saturated rings. The van der Waals surface area contributed by atoms with Crippen LogP contribution in [0.3, 0.4) is 0 Å². The average Bonchev–Trinajstić information content (AvgIpc) is 3.17. The summed E-state index contributed by atoms with van der Waals surface area (Å²) in [6.45, 7) is 4.10. The lowest BCUT2D eigenvalue weighted by Gasteiger charge is -2.19. The second-order valence-corrected chi connectivity index (χ2v) is 6.90. The van der Waals surface area contributed by atoms with Gasteiger partial charge >= 0.3 is 0 Å². The smallest absolute Gasteiger partial charge is 0.229 e. The van der Waals surface area contributed by atoms with Crippen molar-refractivity contribution in [3.05, 3.63) is 35.5 Å². The Hall–Kier alpha value is -2.85. The maximum atomic E-state index is 9.18. The van der Waals surface area contributed by atoms with Crippen molar-refractivity contribution in [1.29, 1.82) is 5.26 Å². The van der Waals surface area contributed by atoms with Crippen molar-refractivity contribution in [2.45, 2.75) is 38.6 Å². The molecule has 0 saturated carbocycles. The van der Waals surface area contributed by atoms with Gasteiger partial charge in [-0.05, 0) is 44.5 Å². The van der Waals surface area contributed by atoms with Crippen LogP contribution in [0.1, 0.15) is 37.4 Å². The molecule has 142 valence electrons. The summed E-state index contributed by atoms with van der Waals surface area (Å²) in [6, 6.07) is 9.99. The largest absolute Gasteiger partial charge is 0.398 e. The van der Waals surface area contributed by atoms with E-state index in [-0.39, 0.29) is 0 Å². The van der Waals surface area contributed by atoms with Crippen LogP contribution in [0.15, 0.2) is 24.3 Å². The van der Waals surface area contributed by atoms with Crippen LogP contribution < -0.4 is 21.3 Å². The molecular formula is C20H27N7. The van der Waals surface area contributed by atoms with Crippen LogP contribution in [0.4, 0.5) is 23.1 Å². The van der Waals surface area contributed by atoms with E-state index < -0.39 is 0 Å². The molecule has 0 aliphatic carbocycles. The number of likely N-dealkylation sites (N-methyl/N-ethyl adjacent to an activating group) is 1. The van der Waals surface area contributed by atoms with Gasteiger partial charge in [0.25, 0.3) is 0 Å². The van der Waals surface area contributed by atoms with E-state index >= 15 is 0 Å². The highest BCUT2D eigenvalue weighted by Crippen LogP contribution is 2.24. The van der Waals surface area contributed by atoms with Gasteiger partial charge in [0, 0.05) is 42.3 Å². The number of hydrogen-bond donors (Lipinski definition) is 3. The fourth-order valence-electron chi connectivity index (χ4n) is 3.25. The first kappa shape index (κ1) is 18.9. The summed E-state index contributed by atoms with van der Waals surface area (Å²) in [4.78, 5) is 11.7. The number of nitriles is 1. The third-order valence-electron chi connectivity index (χ3n) is 4.90. The van der Waals surface area contributed by atoms with Gasteiger partial charge in [-0.2, -0.15) is 10.2 Å². The number of nitrogens with two attached hydrogens (primary N) is 1. The molecule has 27 heavy (non-hydrogen) atoms. The summed E-state index contributed by atoms with van der Waals surface area (Å²) in [5, 5.41) is 15.8. The lowest BCUT2D eigenvalue weighted by Crippen LogP contribution is -2.30. The standard InChI is InChI=1S/C20H27N7/c1-3-4-5-15-11-19(27-9-8-17(13-27)23-2)26-20(24-15)25-16-6-7-18(22)14(10-16)12-21/h6-7,10-11,17,23H,3-5,8-9,13,22H2,1-2H3,(H,24,25,26)/t17-/m0/s1. The predicted octanol–water partition coefficient (Wildman–Crippen LogP) is 2.81. The predicted molar refractivity (Wildman–Crippen MR) is 109 cm³/mol. The molecule has 4 N–H and O–H groups in total. The number of unbranched alkanes of at least 4 members (excludes halogenated alkanes) is 1. The Morgan fingerprint density at radius 1 is 1.33 bits per heavy atom. The monoisotopic (exact) mass is 365 g/mol. The Labute approximate surface area is 160 Å². The number of anilines is 4. The van der Waals surface area contributed by atoms with Gasteiger partial charge in [-0.25, -0.2) is 4.98 Å². The van der Waals surface area contributed by atoms with Crippen LogP contribution in [0.25, 0.3) is 0 Å². The zero-order valence-corrected chi connectivity index (χ0v) is 16.0. The molecule has 0 unspecified atom stereocenters. The van der Waals surface area contributed by atoms with Gasteiger partial charge in [0.2, 0.25) is 5.95 Å². The summed E-state index contributed by atoms with van der Waals surface area (Å²) in [7, 11) is 2.00. The van der Waals surface area contributed by atoms with Gasteiger partial charge in [-0.1, -0.05) is 13.3 Å². The Bertz CT molecular complexity index is 828. The van der Waals surface area contributed by atoms with Crippen LogP contribution in [-0.4, -0.2) is 36.1 Å². The van der Waals surface area contributed by atoms with E-state index in [0.29, 0.717) is 23.2 Å². The topological polar surface area (TPSA) is 103 Å². The summed E-state index contributed by atoms with van der Waals surface area (Å²) < 4.78 is 0. The van der Waals surface area contributed by atoms with Gasteiger partial charge in [-0.15, -0.1) is 0 Å². The van der Waals surface area contributed by atoms with Crippen molar-refractivity contribution in [3.8, 4) is 6.07 Å². The van der Waals surface area contributed by atoms with E-state index in [4.69, 9.17) is 10.7 Å². The highest BCUT2D eigenvalue weighted by Gasteiger charge is 2.23. The van der Waals surface area contributed by atoms with Gasteiger partial charge in [0.15, 0.2) is 0 Å². The molecule has 0 amide bonds. The quantitative estimate of drug-likeness (QED) is 0.648. The van der Waals surface area contributed by atoms with Gasteiger partial charge in [0.05, 0.1) is 5.56 Å². The molecule has 7 nitrogen and oxygen atoms in total. The molecule has 1 aromatic carbocycles. The minimum absolute atomic E-state index is 0.443. The lowest BCUT2D eigenvalue weighted by atomic mass is 10.2. The molecule has 1 aromatic heterocycles. The van der Waals surface area contributed by atoms with Gasteiger partial charge in [-0.3, -0.25) is 0 Å². The molecule has 1 aliphatic rings. The number of aromatic nitrogens is 2. The lowest BCUT2D eigenvalue weighted by molar-refractivity contribution is 0.616. The zero-order chi connectivity index (χ0) is 19.2. The summed E-state index contributed by atoms with van der Waals surface area (Å²) in [5.74, 6) is 1.51. The number of hydrogen-bond acceptors (Lipinski definition) is 7. The van der Waals surface area contributed by atoms with Crippen LogP contribution in [0.2, 0.25) is 0 Å². The first-order valence-corrected chi connectivity index (χ1v) is 9.49. The summed E-state index contributed by atoms with van der Waals surface area (Å²) >= 11 is 0. The van der Waals surface area contributed by atoms with Crippen molar-refractivity contribution in [2.75, 3.05) is 36.1 Å². The fraction of sp³-hybridized carbons (Fsp3) is 0.450. The maximum Gasteiger partial charge on any atom is 0.229 e. The molecular weight excluding hydrogens is 338 g/mol. The SMILES string of the molecule is CCCCc1cc(N2CC[C@H](NC)C2)nc(Nc2ccc(N)c(C#N)c2)n1. The molecule has 1 saturated heterocycles. The second-order valence-electron chi connectivity index (χ2n) is 6.90. The third-order valence-corrected chi connectivity index (χ3v) is 4.90. The molecule has 0 bridgehead atoms. The fourth-order valence-corrected chi connectivity index (χ4v) is 3.25. The van der Waals surface area contributed by atoms with Gasteiger partial charge < -0.3 is 21.3 Å². The first-order valence-electron chi connectivity index (χ1n) is 9.49. The molecule has 1 atom stereocenters. The number of benzene rings is 1.